The van der Waals surface area contributed by atoms with E-state index in [9.17, 15) is 4.79 Å². The molecule has 5 nitrogen and oxygen atoms in total. The number of aryl methyl sites for hydroxylation is 1. The third-order valence-electron chi connectivity index (χ3n) is 4.59. The Morgan fingerprint density at radius 3 is 2.60 bits per heavy atom. The number of fused-ring (bicyclic) bond motifs is 1. The van der Waals surface area contributed by atoms with Gasteiger partial charge in [-0.3, -0.25) is 4.79 Å². The van der Waals surface area contributed by atoms with E-state index >= 15 is 0 Å². The van der Waals surface area contributed by atoms with E-state index in [1.54, 1.807) is 36.4 Å². The molecule has 0 saturated carbocycles. The van der Waals surface area contributed by atoms with Crippen molar-refractivity contribution in [1.82, 2.24) is 14.6 Å². The van der Waals surface area contributed by atoms with E-state index in [0.717, 1.165) is 16.7 Å². The van der Waals surface area contributed by atoms with Gasteiger partial charge in [-0.05, 0) is 37.3 Å². The largest absolute Gasteiger partial charge is 0.457 e. The van der Waals surface area contributed by atoms with Crippen molar-refractivity contribution in [3.05, 3.63) is 90.9 Å². The highest BCUT2D eigenvalue weighted by Gasteiger charge is 2.13. The Morgan fingerprint density at radius 2 is 1.87 bits per heavy atom. The van der Waals surface area contributed by atoms with Gasteiger partial charge >= 0.3 is 0 Å². The molecule has 0 fully saturated rings. The molecule has 148 valence electrons. The van der Waals surface area contributed by atoms with Crippen molar-refractivity contribution in [3.8, 4) is 22.7 Å². The molecule has 5 aromatic rings. The number of aromatic nitrogens is 3. The van der Waals surface area contributed by atoms with Crippen LogP contribution in [-0.4, -0.2) is 14.6 Å². The number of halogens is 2. The molecule has 0 radical (unpaired) electrons. The number of furan rings is 1. The van der Waals surface area contributed by atoms with Crippen LogP contribution in [-0.2, 0) is 0 Å². The smallest absolute Gasteiger partial charge is 0.291 e. The molecule has 0 aliphatic carbocycles. The lowest BCUT2D eigenvalue weighted by atomic mass is 10.1. The summed E-state index contributed by atoms with van der Waals surface area (Å²) in [4.78, 5) is 17.8. The molecule has 0 unspecified atom stereocenters. The maximum absolute atomic E-state index is 12.8. The Kier molecular flexibility index (Phi) is 4.70. The first-order chi connectivity index (χ1) is 14.5. The maximum atomic E-state index is 12.8. The van der Waals surface area contributed by atoms with Crippen LogP contribution >= 0.6 is 34.5 Å². The van der Waals surface area contributed by atoms with Crippen LogP contribution in [0, 0.1) is 6.92 Å². The molecule has 0 aliphatic rings. The van der Waals surface area contributed by atoms with Crippen LogP contribution in [0.4, 0.5) is 0 Å². The van der Waals surface area contributed by atoms with Crippen LogP contribution in [0.25, 0.3) is 33.7 Å². The molecule has 0 aliphatic heterocycles. The second-order valence-corrected chi connectivity index (χ2v) is 8.59. The number of thiazole rings is 1. The van der Waals surface area contributed by atoms with E-state index in [1.807, 2.05) is 31.2 Å². The molecule has 8 heteroatoms. The number of benzene rings is 2. The Labute approximate surface area is 184 Å². The van der Waals surface area contributed by atoms with Crippen molar-refractivity contribution in [3.63, 3.8) is 0 Å². The fourth-order valence-corrected chi connectivity index (χ4v) is 4.44. The number of rotatable bonds is 3. The molecule has 30 heavy (non-hydrogen) atoms. The average Bonchev–Trinajstić information content (AvgIpc) is 3.41. The minimum atomic E-state index is -0.233. The van der Waals surface area contributed by atoms with E-state index < -0.39 is 0 Å². The summed E-state index contributed by atoms with van der Waals surface area (Å²) in [6, 6.07) is 16.7. The van der Waals surface area contributed by atoms with Crippen molar-refractivity contribution >= 4 is 45.6 Å². The molecule has 3 aromatic heterocycles. The van der Waals surface area contributed by atoms with Gasteiger partial charge in [0.15, 0.2) is 5.82 Å². The predicted molar refractivity (Wildman–Crippen MR) is 120 cm³/mol. The average molecular weight is 454 g/mol. The lowest BCUT2D eigenvalue weighted by Gasteiger charge is -2.00. The highest BCUT2D eigenvalue weighted by Crippen LogP contribution is 2.31. The Balaban J connectivity index is 1.51. The third kappa shape index (κ3) is 3.43. The first-order valence-electron chi connectivity index (χ1n) is 9.01. The quantitative estimate of drug-likeness (QED) is 0.374. The molecule has 0 saturated heterocycles. The topological polar surface area (TPSA) is 60.4 Å². The normalized spacial score (nSPS) is 12.2. The summed E-state index contributed by atoms with van der Waals surface area (Å²) < 4.78 is 7.68. The van der Waals surface area contributed by atoms with E-state index in [0.29, 0.717) is 36.9 Å². The molecule has 2 aromatic carbocycles. The minimum absolute atomic E-state index is 0.233. The highest BCUT2D eigenvalue weighted by molar-refractivity contribution is 7.15. The fourth-order valence-electron chi connectivity index (χ4n) is 3.05. The summed E-state index contributed by atoms with van der Waals surface area (Å²) in [7, 11) is 0. The lowest BCUT2D eigenvalue weighted by molar-refractivity contribution is 0.571. The summed E-state index contributed by atoms with van der Waals surface area (Å²) in [5.74, 6) is 1.66. The van der Waals surface area contributed by atoms with Crippen molar-refractivity contribution in [1.29, 1.82) is 0 Å². The summed E-state index contributed by atoms with van der Waals surface area (Å²) in [5.41, 5.74) is 2.52. The summed E-state index contributed by atoms with van der Waals surface area (Å²) in [6.45, 7) is 2.02. The number of hydrogen-bond donors (Lipinski definition) is 0. The van der Waals surface area contributed by atoms with Gasteiger partial charge in [-0.1, -0.05) is 64.4 Å². The molecule has 0 bridgehead atoms. The van der Waals surface area contributed by atoms with Gasteiger partial charge in [-0.25, -0.2) is 0 Å². The minimum Gasteiger partial charge on any atom is -0.457 e. The molecule has 0 N–H and O–H groups in total. The van der Waals surface area contributed by atoms with E-state index in [-0.39, 0.29) is 5.56 Å². The second-order valence-electron chi connectivity index (χ2n) is 6.74. The van der Waals surface area contributed by atoms with Crippen LogP contribution in [0.3, 0.4) is 0 Å². The van der Waals surface area contributed by atoms with Crippen molar-refractivity contribution in [2.75, 3.05) is 0 Å². The second kappa shape index (κ2) is 7.40. The van der Waals surface area contributed by atoms with Crippen molar-refractivity contribution < 1.29 is 4.42 Å². The highest BCUT2D eigenvalue weighted by atomic mass is 35.5. The van der Waals surface area contributed by atoms with Crippen molar-refractivity contribution in [2.24, 2.45) is 0 Å². The van der Waals surface area contributed by atoms with Gasteiger partial charge in [0.25, 0.3) is 5.56 Å². The first kappa shape index (κ1) is 19.1. The fraction of sp³-hybridized carbons (Fsp3) is 0.0455. The first-order valence-corrected chi connectivity index (χ1v) is 10.6. The van der Waals surface area contributed by atoms with Crippen LogP contribution in [0.15, 0.2) is 63.8 Å². The van der Waals surface area contributed by atoms with Crippen LogP contribution in [0.2, 0.25) is 10.0 Å². The SMILES string of the molecule is Cc1ccc(-c2nc3sc(=Cc4ccc(-c5ccc(Cl)cc5Cl)o4)c(=O)n3n2)cc1. The zero-order valence-electron chi connectivity index (χ0n) is 15.6. The van der Waals surface area contributed by atoms with Gasteiger partial charge in [0, 0.05) is 22.2 Å². The zero-order valence-corrected chi connectivity index (χ0v) is 17.9. The van der Waals surface area contributed by atoms with Crippen LogP contribution in [0.5, 0.6) is 0 Å². The summed E-state index contributed by atoms with van der Waals surface area (Å²) in [6.07, 6.45) is 1.68. The standard InChI is InChI=1S/C22H13Cl2N3O2S/c1-12-2-4-13(5-3-12)20-25-22-27(26-20)21(28)19(30-22)11-15-7-9-18(29-15)16-8-6-14(23)10-17(16)24/h2-11H,1H3. The molecular weight excluding hydrogens is 441 g/mol. The van der Waals surface area contributed by atoms with E-state index in [4.69, 9.17) is 27.6 Å². The van der Waals surface area contributed by atoms with Gasteiger partial charge in [0.1, 0.15) is 16.1 Å². The van der Waals surface area contributed by atoms with Gasteiger partial charge in [-0.2, -0.15) is 9.50 Å². The Hall–Kier alpha value is -2.93. The Bertz CT molecular complexity index is 1500. The molecule has 0 amide bonds. The van der Waals surface area contributed by atoms with Crippen LogP contribution in [0.1, 0.15) is 11.3 Å². The third-order valence-corrected chi connectivity index (χ3v) is 6.10. The molecule has 0 atom stereocenters. The Morgan fingerprint density at radius 1 is 1.07 bits per heavy atom. The summed E-state index contributed by atoms with van der Waals surface area (Å²) in [5, 5.41) is 5.42. The van der Waals surface area contributed by atoms with Gasteiger partial charge < -0.3 is 4.42 Å². The van der Waals surface area contributed by atoms with Gasteiger partial charge in [-0.15, -0.1) is 5.10 Å². The maximum Gasteiger partial charge on any atom is 0.291 e. The summed E-state index contributed by atoms with van der Waals surface area (Å²) >= 11 is 13.5. The number of nitrogens with zero attached hydrogens (tertiary/aromatic N) is 3. The van der Waals surface area contributed by atoms with Gasteiger partial charge in [0.2, 0.25) is 4.96 Å². The van der Waals surface area contributed by atoms with Crippen molar-refractivity contribution in [2.45, 2.75) is 6.92 Å². The van der Waals surface area contributed by atoms with Crippen LogP contribution < -0.4 is 10.1 Å². The lowest BCUT2D eigenvalue weighted by Crippen LogP contribution is -2.23. The zero-order chi connectivity index (χ0) is 20.8. The molecule has 0 spiro atoms. The molecule has 5 rings (SSSR count). The number of hydrogen-bond acceptors (Lipinski definition) is 5. The predicted octanol–water partition coefficient (Wildman–Crippen LogP) is 5.24. The van der Waals surface area contributed by atoms with Gasteiger partial charge in [0.05, 0.1) is 5.02 Å². The molecular formula is C22H13Cl2N3O2S. The van der Waals surface area contributed by atoms with E-state index in [2.05, 4.69) is 10.1 Å². The monoisotopic (exact) mass is 453 g/mol. The van der Waals surface area contributed by atoms with E-state index in [1.165, 1.54) is 15.9 Å². The molecule has 3 heterocycles.